The summed E-state index contributed by atoms with van der Waals surface area (Å²) in [5, 5.41) is 15.2. The molecule has 7 nitrogen and oxygen atoms in total. The van der Waals surface area contributed by atoms with Crippen LogP contribution in [0.5, 0.6) is 0 Å². The summed E-state index contributed by atoms with van der Waals surface area (Å²) in [4.78, 5) is 20.5. The summed E-state index contributed by atoms with van der Waals surface area (Å²) in [6.45, 7) is 0.603. The predicted molar refractivity (Wildman–Crippen MR) is 76.6 cm³/mol. The van der Waals surface area contributed by atoms with Crippen LogP contribution < -0.4 is 10.6 Å². The Bertz CT molecular complexity index is 627. The summed E-state index contributed by atoms with van der Waals surface area (Å²) >= 11 is 1.60. The summed E-state index contributed by atoms with van der Waals surface area (Å²) in [7, 11) is 0. The Morgan fingerprint density at radius 1 is 1.50 bits per heavy atom. The third-order valence-corrected chi connectivity index (χ3v) is 3.94. The van der Waals surface area contributed by atoms with E-state index in [2.05, 4.69) is 9.97 Å². The molecule has 0 saturated heterocycles. The van der Waals surface area contributed by atoms with Crippen LogP contribution >= 0.6 is 11.3 Å². The molecular formula is C12H13N5O2S. The molecule has 0 aliphatic heterocycles. The van der Waals surface area contributed by atoms with Crippen LogP contribution in [0.1, 0.15) is 18.4 Å². The molecule has 2 aromatic rings. The van der Waals surface area contributed by atoms with E-state index in [9.17, 15) is 10.1 Å². The maximum absolute atomic E-state index is 11.2. The third kappa shape index (κ3) is 2.42. The summed E-state index contributed by atoms with van der Waals surface area (Å²) in [5.41, 5.74) is 6.56. The lowest BCUT2D eigenvalue weighted by atomic mass is 10.3. The van der Waals surface area contributed by atoms with E-state index < -0.39 is 4.92 Å². The van der Waals surface area contributed by atoms with E-state index in [0.717, 1.165) is 18.4 Å². The van der Waals surface area contributed by atoms with Gasteiger partial charge in [0.05, 0.1) is 4.92 Å². The fourth-order valence-electron chi connectivity index (χ4n) is 2.11. The average molecular weight is 291 g/mol. The van der Waals surface area contributed by atoms with Gasteiger partial charge in [0, 0.05) is 12.6 Å². The van der Waals surface area contributed by atoms with Crippen LogP contribution in [0.25, 0.3) is 0 Å². The number of hydrogen-bond acceptors (Lipinski definition) is 7. The summed E-state index contributed by atoms with van der Waals surface area (Å²) in [6, 6.07) is 2.30. The third-order valence-electron chi connectivity index (χ3n) is 3.21. The normalized spacial score (nSPS) is 14.2. The molecule has 3 rings (SSSR count). The number of nitrogens with two attached hydrogens (primary N) is 1. The van der Waals surface area contributed by atoms with Crippen LogP contribution in [0.3, 0.4) is 0 Å². The van der Waals surface area contributed by atoms with Crippen LogP contribution in [0.4, 0.5) is 17.3 Å². The quantitative estimate of drug-likeness (QED) is 0.669. The summed E-state index contributed by atoms with van der Waals surface area (Å²) in [6.07, 6.45) is 3.32. The van der Waals surface area contributed by atoms with E-state index in [1.807, 2.05) is 21.7 Å². The second-order valence-electron chi connectivity index (χ2n) is 4.68. The molecule has 8 heteroatoms. The zero-order chi connectivity index (χ0) is 14.1. The van der Waals surface area contributed by atoms with Gasteiger partial charge in [-0.2, -0.15) is 11.3 Å². The molecule has 104 valence electrons. The largest absolute Gasteiger partial charge is 0.378 e. The highest BCUT2D eigenvalue weighted by Crippen LogP contribution is 2.38. The second kappa shape index (κ2) is 5.04. The van der Waals surface area contributed by atoms with Crippen LogP contribution in [-0.2, 0) is 6.54 Å². The predicted octanol–water partition coefficient (Wildman–Crippen LogP) is 2.20. The number of nitrogens with zero attached hydrogens (tertiary/aromatic N) is 4. The maximum atomic E-state index is 11.2. The minimum absolute atomic E-state index is 0.0871. The fraction of sp³-hybridized carbons (Fsp3) is 0.333. The van der Waals surface area contributed by atoms with E-state index in [1.54, 1.807) is 11.3 Å². The van der Waals surface area contributed by atoms with Gasteiger partial charge in [-0.15, -0.1) is 0 Å². The van der Waals surface area contributed by atoms with Crippen LogP contribution in [0.15, 0.2) is 23.2 Å². The van der Waals surface area contributed by atoms with Gasteiger partial charge < -0.3 is 10.6 Å². The molecule has 0 spiro atoms. The first-order valence-corrected chi connectivity index (χ1v) is 7.13. The lowest BCUT2D eigenvalue weighted by Gasteiger charge is -2.22. The fourth-order valence-corrected chi connectivity index (χ4v) is 2.77. The first kappa shape index (κ1) is 12.8. The molecule has 0 atom stereocenters. The molecule has 0 aromatic carbocycles. The molecule has 2 aromatic heterocycles. The number of anilines is 2. The van der Waals surface area contributed by atoms with Crippen LogP contribution in [0.2, 0.25) is 0 Å². The van der Waals surface area contributed by atoms with E-state index in [0.29, 0.717) is 18.4 Å². The molecule has 0 amide bonds. The first-order valence-electron chi connectivity index (χ1n) is 6.19. The zero-order valence-corrected chi connectivity index (χ0v) is 11.4. The summed E-state index contributed by atoms with van der Waals surface area (Å²) < 4.78 is 0. The molecule has 1 saturated carbocycles. The lowest BCUT2D eigenvalue weighted by molar-refractivity contribution is -0.383. The Morgan fingerprint density at radius 2 is 2.30 bits per heavy atom. The van der Waals surface area contributed by atoms with E-state index in [4.69, 9.17) is 5.73 Å². The van der Waals surface area contributed by atoms with Crippen molar-refractivity contribution in [1.82, 2.24) is 9.97 Å². The molecule has 0 radical (unpaired) electrons. The van der Waals surface area contributed by atoms with E-state index in [1.165, 1.54) is 6.33 Å². The Kier molecular flexibility index (Phi) is 3.23. The van der Waals surface area contributed by atoms with Crippen LogP contribution in [-0.4, -0.2) is 20.9 Å². The SMILES string of the molecule is Nc1ncnc(N(Cc2ccsc2)C2CC2)c1[N+](=O)[O-]. The van der Waals surface area contributed by atoms with Crippen molar-refractivity contribution in [3.63, 3.8) is 0 Å². The molecule has 0 bridgehead atoms. The van der Waals surface area contributed by atoms with Gasteiger partial charge in [0.15, 0.2) is 0 Å². The molecule has 1 aliphatic rings. The van der Waals surface area contributed by atoms with Gasteiger partial charge in [0.2, 0.25) is 11.6 Å². The number of nitrogen functional groups attached to an aromatic ring is 1. The molecule has 2 heterocycles. The van der Waals surface area contributed by atoms with E-state index >= 15 is 0 Å². The lowest BCUT2D eigenvalue weighted by Crippen LogP contribution is -2.27. The zero-order valence-electron chi connectivity index (χ0n) is 10.6. The highest BCUT2D eigenvalue weighted by molar-refractivity contribution is 7.07. The second-order valence-corrected chi connectivity index (χ2v) is 5.46. The van der Waals surface area contributed by atoms with Crippen molar-refractivity contribution in [2.75, 3.05) is 10.6 Å². The topological polar surface area (TPSA) is 98.2 Å². The number of aromatic nitrogens is 2. The van der Waals surface area contributed by atoms with Crippen LogP contribution in [0, 0.1) is 10.1 Å². The smallest absolute Gasteiger partial charge is 0.353 e. The van der Waals surface area contributed by atoms with Gasteiger partial charge in [-0.3, -0.25) is 10.1 Å². The Morgan fingerprint density at radius 3 is 2.90 bits per heavy atom. The molecular weight excluding hydrogens is 278 g/mol. The Labute approximate surface area is 119 Å². The number of hydrogen-bond donors (Lipinski definition) is 1. The van der Waals surface area contributed by atoms with Gasteiger partial charge in [0.1, 0.15) is 6.33 Å². The standard InChI is InChI=1S/C12H13N5O2S/c13-11-10(17(18)19)12(15-7-14-11)16(9-1-2-9)5-8-3-4-20-6-8/h3-4,6-7,9H,1-2,5H2,(H2,13,14,15). The molecule has 2 N–H and O–H groups in total. The first-order chi connectivity index (χ1) is 9.66. The highest BCUT2D eigenvalue weighted by atomic mass is 32.1. The minimum atomic E-state index is -0.506. The van der Waals surface area contributed by atoms with Gasteiger partial charge >= 0.3 is 5.69 Å². The van der Waals surface area contributed by atoms with E-state index in [-0.39, 0.29) is 11.5 Å². The van der Waals surface area contributed by atoms with Gasteiger partial charge in [-0.05, 0) is 35.2 Å². The van der Waals surface area contributed by atoms with Crippen molar-refractivity contribution in [2.24, 2.45) is 0 Å². The van der Waals surface area contributed by atoms with Crippen molar-refractivity contribution in [2.45, 2.75) is 25.4 Å². The van der Waals surface area contributed by atoms with Crippen molar-refractivity contribution >= 4 is 28.7 Å². The van der Waals surface area contributed by atoms with Gasteiger partial charge in [-0.1, -0.05) is 0 Å². The molecule has 1 aliphatic carbocycles. The highest BCUT2D eigenvalue weighted by Gasteiger charge is 2.35. The average Bonchev–Trinajstić information content (AvgIpc) is 3.12. The molecule has 1 fully saturated rings. The van der Waals surface area contributed by atoms with Gasteiger partial charge in [-0.25, -0.2) is 9.97 Å². The minimum Gasteiger partial charge on any atom is -0.378 e. The van der Waals surface area contributed by atoms with Gasteiger partial charge in [0.25, 0.3) is 0 Å². The monoisotopic (exact) mass is 291 g/mol. The maximum Gasteiger partial charge on any atom is 0.353 e. The number of rotatable bonds is 5. The molecule has 0 unspecified atom stereocenters. The van der Waals surface area contributed by atoms with Crippen molar-refractivity contribution in [1.29, 1.82) is 0 Å². The van der Waals surface area contributed by atoms with Crippen molar-refractivity contribution in [3.05, 3.63) is 38.8 Å². The molecule has 20 heavy (non-hydrogen) atoms. The Balaban J connectivity index is 1.99. The van der Waals surface area contributed by atoms with Crippen molar-refractivity contribution in [3.8, 4) is 0 Å². The summed E-state index contributed by atoms with van der Waals surface area (Å²) in [5.74, 6) is 0.229. The van der Waals surface area contributed by atoms with Crippen molar-refractivity contribution < 1.29 is 4.92 Å². The number of nitro groups is 1. The Hall–Kier alpha value is -2.22. The number of thiophene rings is 1.